The first-order chi connectivity index (χ1) is 50.6. The van der Waals surface area contributed by atoms with E-state index in [1.54, 1.807) is 92.6 Å². The molecule has 574 valence electrons. The number of rotatable bonds is 13. The lowest BCUT2D eigenvalue weighted by Gasteiger charge is -2.19. The van der Waals surface area contributed by atoms with E-state index in [0.29, 0.717) is 37.7 Å². The van der Waals surface area contributed by atoms with Crippen LogP contribution in [0.2, 0.25) is 5.02 Å². The number of amides is 1. The second-order valence-corrected chi connectivity index (χ2v) is 35.1. The average molecular weight is 1980 g/mol. The molecule has 4 N–H and O–H groups in total. The van der Waals surface area contributed by atoms with Crippen molar-refractivity contribution in [2.75, 3.05) is 11.9 Å². The van der Waals surface area contributed by atoms with Crippen LogP contribution >= 0.6 is 169 Å². The van der Waals surface area contributed by atoms with Gasteiger partial charge in [0.25, 0.3) is 5.91 Å². The maximum Gasteiger partial charge on any atom is 0.330 e. The molecule has 0 aliphatic carbocycles. The number of carbonyl (C=O) groups excluding carboxylic acids is 6. The second kappa shape index (κ2) is 42.1. The summed E-state index contributed by atoms with van der Waals surface area (Å²) in [6.07, 6.45) is 1.87. The number of carboxylic acids is 1. The van der Waals surface area contributed by atoms with Gasteiger partial charge in [0.2, 0.25) is 0 Å². The van der Waals surface area contributed by atoms with Crippen LogP contribution in [0, 0.1) is 16.1 Å². The number of carbonyl (C=O) groups is 7. The number of aliphatic carboxylic acids is 1. The molecule has 0 unspecified atom stereocenters. The van der Waals surface area contributed by atoms with Crippen LogP contribution in [-0.2, 0) is 77.3 Å². The van der Waals surface area contributed by atoms with E-state index in [4.69, 9.17) is 43.2 Å². The normalized spacial score (nSPS) is 13.6. The molecule has 0 bridgehead atoms. The molecule has 12 heterocycles. The Morgan fingerprint density at radius 2 is 1.26 bits per heavy atom. The van der Waals surface area contributed by atoms with Crippen molar-refractivity contribution in [1.29, 1.82) is 0 Å². The van der Waals surface area contributed by atoms with Gasteiger partial charge in [-0.2, -0.15) is 26.2 Å². The van der Waals surface area contributed by atoms with Gasteiger partial charge >= 0.3 is 29.7 Å². The zero-order valence-corrected chi connectivity index (χ0v) is 73.2. The van der Waals surface area contributed by atoms with Crippen LogP contribution in [0.25, 0.3) is 46.6 Å². The van der Waals surface area contributed by atoms with Gasteiger partial charge in [-0.15, -0.1) is 69.1 Å². The number of aliphatic imine (C=N–C) groups is 2. The highest BCUT2D eigenvalue weighted by Crippen LogP contribution is 2.34. The Morgan fingerprint density at radius 1 is 0.713 bits per heavy atom. The van der Waals surface area contributed by atoms with Gasteiger partial charge in [-0.1, -0.05) is 70.5 Å². The summed E-state index contributed by atoms with van der Waals surface area (Å²) in [5.74, 6) is -2.80. The van der Waals surface area contributed by atoms with Crippen LogP contribution in [-0.4, -0.2) is 127 Å². The predicted molar refractivity (Wildman–Crippen MR) is 455 cm³/mol. The Labute approximate surface area is 700 Å². The van der Waals surface area contributed by atoms with E-state index in [0.717, 1.165) is 52.9 Å². The molecular formula is C72H73Br2Cl2F2I2N11O11S6. The van der Waals surface area contributed by atoms with E-state index in [9.17, 15) is 42.3 Å². The number of nitrogens with zero attached hydrogens (tertiary/aromatic N) is 9. The summed E-state index contributed by atoms with van der Waals surface area (Å²) in [5, 5.41) is 36.2. The summed E-state index contributed by atoms with van der Waals surface area (Å²) in [6.45, 7) is 25.5. The Hall–Kier alpha value is -6.61. The number of thiophene rings is 6. The summed E-state index contributed by atoms with van der Waals surface area (Å²) < 4.78 is 53.4. The number of benzene rings is 2. The van der Waals surface area contributed by atoms with Crippen LogP contribution in [0.5, 0.6) is 0 Å². The highest BCUT2D eigenvalue weighted by Gasteiger charge is 2.30. The number of carboxylic acid groups (broad SMARTS) is 1. The molecule has 11 aromatic rings. The molecule has 2 aromatic carbocycles. The summed E-state index contributed by atoms with van der Waals surface area (Å²) in [5.41, 5.74) is 10.4. The maximum atomic E-state index is 14.8. The number of fused-ring (bicyclic) bond motifs is 5. The molecule has 22 nitrogen and oxygen atoms in total. The quantitative estimate of drug-likeness (QED) is 0.0241. The molecule has 3 aliphatic rings. The zero-order valence-electron chi connectivity index (χ0n) is 59.3. The first-order valence-corrected chi connectivity index (χ1v) is 41.8. The maximum absolute atomic E-state index is 14.8. The molecule has 1 saturated heterocycles. The number of nitrogens with two attached hydrogens (primary N) is 1. The van der Waals surface area contributed by atoms with Crippen molar-refractivity contribution in [2.24, 2.45) is 15.7 Å². The highest BCUT2D eigenvalue weighted by molar-refractivity contribution is 14.1. The topological polar surface area (TPSA) is 288 Å². The van der Waals surface area contributed by atoms with Crippen LogP contribution in [0.1, 0.15) is 115 Å². The summed E-state index contributed by atoms with van der Waals surface area (Å²) >= 11 is 26.2. The van der Waals surface area contributed by atoms with Gasteiger partial charge in [0.1, 0.15) is 54.6 Å². The number of esters is 3. The number of primary amides is 1. The molecule has 0 saturated carbocycles. The minimum absolute atomic E-state index is 0. The lowest BCUT2D eigenvalue weighted by atomic mass is 9.97. The fraction of sp³-hybridized carbons (Fsp3) is 0.319. The van der Waals surface area contributed by atoms with Crippen molar-refractivity contribution in [1.82, 2.24) is 34.7 Å². The van der Waals surface area contributed by atoms with Gasteiger partial charge in [0.15, 0.2) is 24.3 Å². The largest absolute Gasteiger partial charge is 0.480 e. The van der Waals surface area contributed by atoms with Crippen molar-refractivity contribution < 1.29 is 61.7 Å². The number of ether oxygens (including phenoxy) is 3. The number of alkyl halides is 2. The predicted octanol–water partition coefficient (Wildman–Crippen LogP) is 18.9. The Bertz CT molecular complexity index is 5030. The Morgan fingerprint density at radius 3 is 1.79 bits per heavy atom. The van der Waals surface area contributed by atoms with Gasteiger partial charge in [-0.25, -0.2) is 13.6 Å². The number of nitrogens with one attached hydrogen (secondary N) is 1. The molecule has 14 rings (SSSR count). The SMILES string of the molecule is C1=NCc2ccsc21.CC(C)(C)OC(=O)CBr.CC(C)(C)OC(=O)Cn1nc(I)c2sccc21.Cl.IC1=NCc2ccsc21.NC(=O)c1nn(CC(=O)O)c2ccsc12.O=C(Cc1cccc(-c2ccccc2Cl)c1F)[C@@H]1C[C@@H](F)CN1.O=Cc1sccc1Br.[C-]#[N+]c1nn(CC(=O)OC(C)(C)C)c2ccsc12. The number of ketones is 1. The van der Waals surface area contributed by atoms with E-state index in [1.165, 1.54) is 68.0 Å². The number of hydrogen-bond acceptors (Lipinski definition) is 22. The van der Waals surface area contributed by atoms with E-state index in [-0.39, 0.29) is 91.7 Å². The van der Waals surface area contributed by atoms with Crippen molar-refractivity contribution in [2.45, 2.75) is 137 Å². The van der Waals surface area contributed by atoms with E-state index >= 15 is 0 Å². The number of aldehydes is 1. The molecule has 9 aromatic heterocycles. The smallest absolute Gasteiger partial charge is 0.330 e. The molecule has 1 fully saturated rings. The third kappa shape index (κ3) is 27.4. The summed E-state index contributed by atoms with van der Waals surface area (Å²) in [6, 6.07) is 23.0. The van der Waals surface area contributed by atoms with Gasteiger partial charge in [0, 0.05) is 51.1 Å². The minimum Gasteiger partial charge on any atom is -0.480 e. The molecule has 1 amide bonds. The fourth-order valence-corrected chi connectivity index (χ4v) is 17.2. The minimum atomic E-state index is -1.01. The van der Waals surface area contributed by atoms with E-state index in [1.807, 2.05) is 103 Å². The number of hydrogen-bond donors (Lipinski definition) is 3. The highest BCUT2D eigenvalue weighted by atomic mass is 127. The molecule has 108 heavy (non-hydrogen) atoms. The van der Waals surface area contributed by atoms with E-state index < -0.39 is 41.1 Å². The molecule has 36 heteroatoms. The van der Waals surface area contributed by atoms with Crippen LogP contribution in [0.3, 0.4) is 0 Å². The molecule has 2 atom stereocenters. The monoisotopic (exact) mass is 1980 g/mol. The van der Waals surface area contributed by atoms with Gasteiger partial charge < -0.3 is 35.2 Å². The third-order valence-electron chi connectivity index (χ3n) is 14.0. The Kier molecular flexibility index (Phi) is 35.2. The fourth-order valence-electron chi connectivity index (χ4n) is 9.67. The number of aromatic nitrogens is 6. The van der Waals surface area contributed by atoms with Crippen molar-refractivity contribution in [3.05, 3.63) is 179 Å². The number of Topliss-reactive ketones (excluding diaryl/α,β-unsaturated/α-hetero) is 1. The van der Waals surface area contributed by atoms with E-state index in [2.05, 4.69) is 135 Å². The van der Waals surface area contributed by atoms with Gasteiger partial charge in [-0.05, 0) is 220 Å². The third-order valence-corrected chi connectivity index (χ3v) is 23.5. The summed E-state index contributed by atoms with van der Waals surface area (Å²) in [7, 11) is 0. The van der Waals surface area contributed by atoms with Crippen molar-refractivity contribution >= 4 is 257 Å². The zero-order chi connectivity index (χ0) is 78.5. The van der Waals surface area contributed by atoms with Crippen LogP contribution in [0.15, 0.2) is 126 Å². The van der Waals surface area contributed by atoms with Gasteiger partial charge in [0.05, 0.1) is 59.5 Å². The molecule has 0 spiro atoms. The van der Waals surface area contributed by atoms with Crippen molar-refractivity contribution in [3.8, 4) is 11.1 Å². The molecule has 3 aliphatic heterocycles. The molecule has 0 radical (unpaired) electrons. The lowest BCUT2D eigenvalue weighted by molar-refractivity contribution is -0.156. The standard InChI is InChI=1S/C18H16ClF2NO.C12H13N3O2S.C11H13IN2O2S.C8H7N3O3S.C6H11BrO2.C6H4INS.C6H5NS.C5H3BrOS.ClH/c19-15-7-2-1-5-13(15)14-6-3-4-11(18(14)21)8-17(23)16-9-12(20)10-22-16;1-12(2,3)17-9(16)7-15-8-5-6-18-10(8)11(13-4)14-15;1-11(2,3)16-8(15)6-14-7-4-5-17-9(7)10(12)13-14;9-8(14)6-7-4(1-2-15-7)11(10-6)3-5(12)13;1-6(2,3)9-5(8)4-7;7-6-5-4(3-8-6)1-2-9-5;1-2-8-6-4-7-3-5(1)6;6-4-1-2-8-5(4)3-7;/h1-7,12,16,22H,8-10H2;5-6H,7H2,1-3H3;4-5H,6H2,1-3H3;1-2H,3H2,(H2,9,14)(H,12,13);4H2,1-3H3;1-2H,3H2;1-2,4H,3H2;1-3H;1H/t12-,16+;;;;;;;;/m1......../s1. The van der Waals surface area contributed by atoms with Gasteiger partial charge in [-0.3, -0.25) is 48.1 Å². The lowest BCUT2D eigenvalue weighted by Crippen LogP contribution is -2.32. The van der Waals surface area contributed by atoms with Crippen molar-refractivity contribution in [3.63, 3.8) is 0 Å². The van der Waals surface area contributed by atoms with Crippen LogP contribution in [0.4, 0.5) is 14.6 Å². The Balaban J connectivity index is 0.000000198. The van der Waals surface area contributed by atoms with Crippen LogP contribution < -0.4 is 11.1 Å². The molecular weight excluding hydrogens is 1910 g/mol. The first kappa shape index (κ1) is 90.3. The first-order valence-electron chi connectivity index (χ1n) is 32.1. The number of halogens is 8. The second-order valence-electron chi connectivity index (χ2n) is 25.7. The average Bonchev–Trinajstić information content (AvgIpc) is 1.69. The summed E-state index contributed by atoms with van der Waals surface area (Å²) in [4.78, 5) is 93.0.